The maximum Gasteiger partial charge on any atom is 0.224 e. The van der Waals surface area contributed by atoms with E-state index in [1.54, 1.807) is 0 Å². The smallest absolute Gasteiger partial charge is 0.224 e. The maximum atomic E-state index is 11.9. The maximum absolute atomic E-state index is 11.9. The molecular weight excluding hydrogens is 349 g/mol. The molecule has 138 valence electrons. The molecule has 0 spiro atoms. The summed E-state index contributed by atoms with van der Waals surface area (Å²) in [7, 11) is 4.03. The van der Waals surface area contributed by atoms with Gasteiger partial charge in [-0.05, 0) is 64.2 Å². The summed E-state index contributed by atoms with van der Waals surface area (Å²) < 4.78 is 5.63. The average Bonchev–Trinajstić information content (AvgIpc) is 3.00. The predicted octanol–water partition coefficient (Wildman–Crippen LogP) is 2.94. The van der Waals surface area contributed by atoms with Crippen LogP contribution in [0.1, 0.15) is 25.7 Å². The fourth-order valence-electron chi connectivity index (χ4n) is 2.51. The third kappa shape index (κ3) is 8.73. The molecule has 7 heteroatoms. The normalized spacial score (nSPS) is 16.2. The lowest BCUT2D eigenvalue weighted by Gasteiger charge is -2.12. The monoisotopic (exact) mass is 377 g/mol. The number of benzene rings is 1. The summed E-state index contributed by atoms with van der Waals surface area (Å²) in [6.07, 6.45) is 3.89. The predicted molar refractivity (Wildman–Crippen MR) is 104 cm³/mol. The van der Waals surface area contributed by atoms with Gasteiger partial charge in [0.2, 0.25) is 5.91 Å². The summed E-state index contributed by atoms with van der Waals surface area (Å²) in [4.78, 5) is 14.0. The third-order valence-electron chi connectivity index (χ3n) is 3.83. The molecule has 1 atom stereocenters. The van der Waals surface area contributed by atoms with E-state index >= 15 is 0 Å². The van der Waals surface area contributed by atoms with Crippen LogP contribution in [-0.4, -0.2) is 50.6 Å². The van der Waals surface area contributed by atoms with Gasteiger partial charge in [0, 0.05) is 24.7 Å². The van der Waals surface area contributed by atoms with Gasteiger partial charge < -0.3 is 20.3 Å². The van der Waals surface area contributed by atoms with Gasteiger partial charge in [0.1, 0.15) is 12.4 Å². The van der Waals surface area contributed by atoms with Gasteiger partial charge in [-0.2, -0.15) is 0 Å². The second kappa shape index (κ2) is 12.4. The molecule has 1 aromatic rings. The Morgan fingerprint density at radius 1 is 1.29 bits per heavy atom. The van der Waals surface area contributed by atoms with Crippen LogP contribution < -0.4 is 15.4 Å². The van der Waals surface area contributed by atoms with E-state index in [0.717, 1.165) is 30.9 Å². The lowest BCUT2D eigenvalue weighted by molar-refractivity contribution is -0.116. The van der Waals surface area contributed by atoms with Gasteiger partial charge in [0.25, 0.3) is 0 Å². The van der Waals surface area contributed by atoms with E-state index in [1.807, 2.05) is 38.4 Å². The highest BCUT2D eigenvalue weighted by Gasteiger charge is 2.15. The summed E-state index contributed by atoms with van der Waals surface area (Å²) in [6.45, 7) is 2.63. The highest BCUT2D eigenvalue weighted by atomic mass is 35.5. The van der Waals surface area contributed by atoms with Crippen molar-refractivity contribution < 1.29 is 9.53 Å². The third-order valence-corrected chi connectivity index (χ3v) is 3.83. The SMILES string of the molecule is CN(C)CCOc1ccc(NC(=O)CCC2CCCN2)cc1.Cl.Cl. The molecule has 0 bridgehead atoms. The second-order valence-corrected chi connectivity index (χ2v) is 6.06. The molecule has 1 heterocycles. The number of amides is 1. The topological polar surface area (TPSA) is 53.6 Å². The van der Waals surface area contributed by atoms with Crippen molar-refractivity contribution in [2.24, 2.45) is 0 Å². The molecule has 1 aliphatic heterocycles. The number of nitrogens with one attached hydrogen (secondary N) is 2. The first-order valence-corrected chi connectivity index (χ1v) is 8.04. The van der Waals surface area contributed by atoms with Gasteiger partial charge in [0.05, 0.1) is 0 Å². The standard InChI is InChI=1S/C17H27N3O2.2ClH/c1-20(2)12-13-22-16-8-5-15(6-9-16)19-17(21)10-7-14-4-3-11-18-14;;/h5-6,8-9,14,18H,3-4,7,10-13H2,1-2H3,(H,19,21);2*1H. The number of carbonyl (C=O) groups excluding carboxylic acids is 1. The first-order chi connectivity index (χ1) is 10.6. The van der Waals surface area contributed by atoms with Crippen LogP contribution in [0.3, 0.4) is 0 Å². The molecule has 1 aromatic carbocycles. The van der Waals surface area contributed by atoms with E-state index in [9.17, 15) is 4.79 Å². The molecule has 1 saturated heterocycles. The summed E-state index contributed by atoms with van der Waals surface area (Å²) in [6, 6.07) is 8.07. The Balaban J connectivity index is 0.00000264. The number of hydrogen-bond acceptors (Lipinski definition) is 4. The van der Waals surface area contributed by atoms with Crippen molar-refractivity contribution in [3.05, 3.63) is 24.3 Å². The van der Waals surface area contributed by atoms with Crippen LogP contribution >= 0.6 is 24.8 Å². The molecule has 1 fully saturated rings. The lowest BCUT2D eigenvalue weighted by Crippen LogP contribution is -2.23. The molecule has 24 heavy (non-hydrogen) atoms. The number of likely N-dealkylation sites (N-methyl/N-ethyl adjacent to an activating group) is 1. The second-order valence-electron chi connectivity index (χ2n) is 6.06. The van der Waals surface area contributed by atoms with Crippen LogP contribution in [0.4, 0.5) is 5.69 Å². The van der Waals surface area contributed by atoms with Crippen molar-refractivity contribution in [2.45, 2.75) is 31.7 Å². The van der Waals surface area contributed by atoms with Crippen LogP contribution in [0, 0.1) is 0 Å². The molecule has 0 saturated carbocycles. The molecule has 2 rings (SSSR count). The lowest BCUT2D eigenvalue weighted by atomic mass is 10.1. The number of halogens is 2. The van der Waals surface area contributed by atoms with Gasteiger partial charge in [-0.3, -0.25) is 4.79 Å². The Morgan fingerprint density at radius 3 is 2.58 bits per heavy atom. The van der Waals surface area contributed by atoms with Crippen LogP contribution in [0.25, 0.3) is 0 Å². The van der Waals surface area contributed by atoms with Gasteiger partial charge in [-0.1, -0.05) is 0 Å². The highest BCUT2D eigenvalue weighted by Crippen LogP contribution is 2.17. The van der Waals surface area contributed by atoms with Crippen LogP contribution in [-0.2, 0) is 4.79 Å². The molecule has 0 aliphatic carbocycles. The van der Waals surface area contributed by atoms with Crippen molar-refractivity contribution in [1.29, 1.82) is 0 Å². The van der Waals surface area contributed by atoms with Crippen molar-refractivity contribution in [2.75, 3.05) is 39.1 Å². The van der Waals surface area contributed by atoms with E-state index in [-0.39, 0.29) is 30.7 Å². The van der Waals surface area contributed by atoms with Crippen LogP contribution in [0.15, 0.2) is 24.3 Å². The number of nitrogens with zero attached hydrogens (tertiary/aromatic N) is 1. The van der Waals surface area contributed by atoms with E-state index < -0.39 is 0 Å². The number of carbonyl (C=O) groups is 1. The zero-order chi connectivity index (χ0) is 15.8. The quantitative estimate of drug-likeness (QED) is 0.731. The Hall–Kier alpha value is -1.01. The molecule has 1 aliphatic rings. The zero-order valence-corrected chi connectivity index (χ0v) is 16.0. The minimum Gasteiger partial charge on any atom is -0.492 e. The number of ether oxygens (including phenoxy) is 1. The van der Waals surface area contributed by atoms with E-state index in [4.69, 9.17) is 4.74 Å². The van der Waals surface area contributed by atoms with E-state index in [0.29, 0.717) is 19.1 Å². The van der Waals surface area contributed by atoms with Crippen LogP contribution in [0.2, 0.25) is 0 Å². The first kappa shape index (κ1) is 23.0. The van der Waals surface area contributed by atoms with Gasteiger partial charge in [0.15, 0.2) is 0 Å². The summed E-state index contributed by atoms with van der Waals surface area (Å²) in [5, 5.41) is 6.35. The summed E-state index contributed by atoms with van der Waals surface area (Å²) >= 11 is 0. The number of rotatable bonds is 8. The Kier molecular flexibility index (Phi) is 11.8. The highest BCUT2D eigenvalue weighted by molar-refractivity contribution is 5.90. The molecule has 1 amide bonds. The Bertz CT molecular complexity index is 463. The van der Waals surface area contributed by atoms with Crippen molar-refractivity contribution in [1.82, 2.24) is 10.2 Å². The number of hydrogen-bond donors (Lipinski definition) is 2. The number of anilines is 1. The van der Waals surface area contributed by atoms with Crippen molar-refractivity contribution >= 4 is 36.4 Å². The Morgan fingerprint density at radius 2 is 2.00 bits per heavy atom. The minimum atomic E-state index is 0. The van der Waals surface area contributed by atoms with E-state index in [2.05, 4.69) is 15.5 Å². The molecule has 1 unspecified atom stereocenters. The van der Waals surface area contributed by atoms with Gasteiger partial charge in [-0.15, -0.1) is 24.8 Å². The largest absolute Gasteiger partial charge is 0.492 e. The molecule has 5 nitrogen and oxygen atoms in total. The van der Waals surface area contributed by atoms with Crippen molar-refractivity contribution in [3.63, 3.8) is 0 Å². The zero-order valence-electron chi connectivity index (χ0n) is 14.4. The molecule has 0 radical (unpaired) electrons. The molecule has 0 aromatic heterocycles. The van der Waals surface area contributed by atoms with Gasteiger partial charge in [-0.25, -0.2) is 0 Å². The van der Waals surface area contributed by atoms with E-state index in [1.165, 1.54) is 12.8 Å². The molecular formula is C17H29Cl2N3O2. The van der Waals surface area contributed by atoms with Crippen LogP contribution in [0.5, 0.6) is 5.75 Å². The van der Waals surface area contributed by atoms with Crippen molar-refractivity contribution in [3.8, 4) is 5.75 Å². The average molecular weight is 378 g/mol. The minimum absolute atomic E-state index is 0. The fourth-order valence-corrected chi connectivity index (χ4v) is 2.51. The summed E-state index contributed by atoms with van der Waals surface area (Å²) in [5.41, 5.74) is 0.823. The molecule has 2 N–H and O–H groups in total. The fraction of sp³-hybridized carbons (Fsp3) is 0.588. The Labute approximate surface area is 157 Å². The first-order valence-electron chi connectivity index (χ1n) is 8.04. The van der Waals surface area contributed by atoms with Gasteiger partial charge >= 0.3 is 0 Å². The summed E-state index contributed by atoms with van der Waals surface area (Å²) in [5.74, 6) is 0.907.